The second-order valence-electron chi connectivity index (χ2n) is 3.58. The number of hydrogen-bond donors (Lipinski definition) is 2. The van der Waals surface area contributed by atoms with E-state index in [4.69, 9.17) is 14.6 Å². The molecule has 0 saturated carbocycles. The molecular formula is C11H14O4. The van der Waals surface area contributed by atoms with Gasteiger partial charge in [-0.25, -0.2) is 0 Å². The van der Waals surface area contributed by atoms with Crippen LogP contribution in [-0.2, 0) is 15.9 Å². The smallest absolute Gasteiger partial charge is 0.162 e. The van der Waals surface area contributed by atoms with Crippen LogP contribution in [0, 0.1) is 0 Å². The fraction of sp³-hybridized carbons (Fsp3) is 0.455. The number of aliphatic hydroxyl groups excluding tert-OH is 1. The Hall–Kier alpha value is -1.10. The molecule has 2 N–H and O–H groups in total. The summed E-state index contributed by atoms with van der Waals surface area (Å²) in [6.07, 6.45) is 0.0570. The summed E-state index contributed by atoms with van der Waals surface area (Å²) in [5.74, 6) is 0.240. The fourth-order valence-corrected chi connectivity index (χ4v) is 1.59. The van der Waals surface area contributed by atoms with E-state index in [0.29, 0.717) is 13.0 Å². The van der Waals surface area contributed by atoms with Gasteiger partial charge in [0.2, 0.25) is 0 Å². The number of aromatic hydroxyl groups is 1. The van der Waals surface area contributed by atoms with Gasteiger partial charge in [-0.05, 0) is 17.7 Å². The van der Waals surface area contributed by atoms with Crippen LogP contribution in [0.15, 0.2) is 24.3 Å². The van der Waals surface area contributed by atoms with E-state index in [-0.39, 0.29) is 24.8 Å². The number of benzene rings is 1. The molecular weight excluding hydrogens is 196 g/mol. The summed E-state index contributed by atoms with van der Waals surface area (Å²) < 4.78 is 10.7. The van der Waals surface area contributed by atoms with Gasteiger partial charge in [-0.1, -0.05) is 12.1 Å². The third kappa shape index (κ3) is 2.68. The van der Waals surface area contributed by atoms with Crippen LogP contribution >= 0.6 is 0 Å². The van der Waals surface area contributed by atoms with Crippen molar-refractivity contribution in [2.45, 2.75) is 18.8 Å². The van der Waals surface area contributed by atoms with E-state index in [1.165, 1.54) is 0 Å². The maximum absolute atomic E-state index is 9.26. The quantitative estimate of drug-likeness (QED) is 0.769. The molecule has 15 heavy (non-hydrogen) atoms. The fourth-order valence-electron chi connectivity index (χ4n) is 1.59. The average Bonchev–Trinajstić information content (AvgIpc) is 2.65. The van der Waals surface area contributed by atoms with E-state index in [1.54, 1.807) is 18.2 Å². The van der Waals surface area contributed by atoms with Crippen LogP contribution in [0.25, 0.3) is 0 Å². The highest BCUT2D eigenvalue weighted by molar-refractivity contribution is 5.27. The summed E-state index contributed by atoms with van der Waals surface area (Å²) in [6.45, 7) is 0.413. The van der Waals surface area contributed by atoms with E-state index in [9.17, 15) is 5.11 Å². The molecule has 2 rings (SSSR count). The van der Waals surface area contributed by atoms with E-state index >= 15 is 0 Å². The Morgan fingerprint density at radius 1 is 1.40 bits per heavy atom. The van der Waals surface area contributed by atoms with Crippen molar-refractivity contribution in [2.75, 3.05) is 13.2 Å². The molecule has 0 radical (unpaired) electrons. The summed E-state index contributed by atoms with van der Waals surface area (Å²) in [7, 11) is 0. The number of phenolic OH excluding ortho intramolecular Hbond substituents is 1. The Kier molecular flexibility index (Phi) is 3.20. The highest BCUT2D eigenvalue weighted by Gasteiger charge is 2.25. The van der Waals surface area contributed by atoms with Crippen LogP contribution in [0.1, 0.15) is 5.56 Å². The van der Waals surface area contributed by atoms with Crippen molar-refractivity contribution < 1.29 is 19.7 Å². The SMILES string of the molecule is OCC1COC(Cc2cccc(O)c2)O1. The molecule has 1 heterocycles. The van der Waals surface area contributed by atoms with E-state index in [0.717, 1.165) is 5.56 Å². The normalized spacial score (nSPS) is 25.7. The first-order valence-electron chi connectivity index (χ1n) is 4.94. The average molecular weight is 210 g/mol. The van der Waals surface area contributed by atoms with Crippen molar-refractivity contribution in [2.24, 2.45) is 0 Å². The van der Waals surface area contributed by atoms with E-state index in [1.807, 2.05) is 6.07 Å². The number of phenols is 1. The Morgan fingerprint density at radius 2 is 2.27 bits per heavy atom. The van der Waals surface area contributed by atoms with Gasteiger partial charge in [0.25, 0.3) is 0 Å². The molecule has 0 aliphatic carbocycles. The lowest BCUT2D eigenvalue weighted by Gasteiger charge is -2.10. The molecule has 2 unspecified atom stereocenters. The number of aliphatic hydroxyl groups is 1. The van der Waals surface area contributed by atoms with Crippen LogP contribution in [0.4, 0.5) is 0 Å². The highest BCUT2D eigenvalue weighted by atomic mass is 16.7. The molecule has 1 aromatic carbocycles. The van der Waals surface area contributed by atoms with Gasteiger partial charge in [0.1, 0.15) is 11.9 Å². The molecule has 4 heteroatoms. The van der Waals surface area contributed by atoms with Crippen molar-refractivity contribution in [3.8, 4) is 5.75 Å². The highest BCUT2D eigenvalue weighted by Crippen LogP contribution is 2.18. The predicted molar refractivity (Wildman–Crippen MR) is 53.5 cm³/mol. The molecule has 0 bridgehead atoms. The molecule has 1 aliphatic rings. The van der Waals surface area contributed by atoms with Crippen LogP contribution < -0.4 is 0 Å². The Morgan fingerprint density at radius 3 is 2.93 bits per heavy atom. The van der Waals surface area contributed by atoms with Crippen molar-refractivity contribution in [3.63, 3.8) is 0 Å². The zero-order chi connectivity index (χ0) is 10.7. The van der Waals surface area contributed by atoms with Gasteiger partial charge in [-0.2, -0.15) is 0 Å². The van der Waals surface area contributed by atoms with Crippen molar-refractivity contribution in [1.82, 2.24) is 0 Å². The van der Waals surface area contributed by atoms with Crippen LogP contribution in [0.5, 0.6) is 5.75 Å². The Balaban J connectivity index is 1.92. The van der Waals surface area contributed by atoms with Crippen molar-refractivity contribution >= 4 is 0 Å². The van der Waals surface area contributed by atoms with Crippen molar-refractivity contribution in [3.05, 3.63) is 29.8 Å². The van der Waals surface area contributed by atoms with E-state index < -0.39 is 0 Å². The predicted octanol–water partition coefficient (Wildman–Crippen LogP) is 0.668. The minimum Gasteiger partial charge on any atom is -0.508 e. The van der Waals surface area contributed by atoms with Crippen LogP contribution in [0.2, 0.25) is 0 Å². The topological polar surface area (TPSA) is 58.9 Å². The Labute approximate surface area is 88.1 Å². The number of rotatable bonds is 3. The molecule has 1 aromatic rings. The lowest BCUT2D eigenvalue weighted by atomic mass is 10.1. The second kappa shape index (κ2) is 4.61. The monoisotopic (exact) mass is 210 g/mol. The first kappa shape index (κ1) is 10.4. The second-order valence-corrected chi connectivity index (χ2v) is 3.58. The Bertz CT molecular complexity index is 326. The zero-order valence-electron chi connectivity index (χ0n) is 8.30. The third-order valence-corrected chi connectivity index (χ3v) is 2.33. The summed E-state index contributed by atoms with van der Waals surface area (Å²) in [5, 5.41) is 18.1. The lowest BCUT2D eigenvalue weighted by Crippen LogP contribution is -2.17. The summed E-state index contributed by atoms with van der Waals surface area (Å²) in [4.78, 5) is 0. The van der Waals surface area contributed by atoms with E-state index in [2.05, 4.69) is 0 Å². The molecule has 0 amide bonds. The summed E-state index contributed by atoms with van der Waals surface area (Å²) in [5.41, 5.74) is 0.957. The molecule has 0 aromatic heterocycles. The molecule has 1 fully saturated rings. The van der Waals surface area contributed by atoms with Crippen molar-refractivity contribution in [1.29, 1.82) is 0 Å². The maximum atomic E-state index is 9.26. The van der Waals surface area contributed by atoms with Gasteiger partial charge in [-0.15, -0.1) is 0 Å². The maximum Gasteiger partial charge on any atom is 0.162 e. The standard InChI is InChI=1S/C11H14O4/c12-6-10-7-14-11(15-10)5-8-2-1-3-9(13)4-8/h1-4,10-13H,5-7H2. The molecule has 2 atom stereocenters. The minimum absolute atomic E-state index is 0.0173. The van der Waals surface area contributed by atoms with Gasteiger partial charge >= 0.3 is 0 Å². The van der Waals surface area contributed by atoms with Crippen LogP contribution in [-0.4, -0.2) is 35.8 Å². The van der Waals surface area contributed by atoms with Gasteiger partial charge in [-0.3, -0.25) is 0 Å². The molecule has 0 spiro atoms. The molecule has 82 valence electrons. The molecule has 4 nitrogen and oxygen atoms in total. The zero-order valence-corrected chi connectivity index (χ0v) is 8.30. The lowest BCUT2D eigenvalue weighted by molar-refractivity contribution is -0.0632. The summed E-state index contributed by atoms with van der Waals surface area (Å²) >= 11 is 0. The first-order valence-corrected chi connectivity index (χ1v) is 4.94. The van der Waals surface area contributed by atoms with Crippen LogP contribution in [0.3, 0.4) is 0 Å². The first-order chi connectivity index (χ1) is 7.28. The number of hydrogen-bond acceptors (Lipinski definition) is 4. The van der Waals surface area contributed by atoms with Gasteiger partial charge in [0.15, 0.2) is 6.29 Å². The molecule has 1 saturated heterocycles. The summed E-state index contributed by atoms with van der Waals surface area (Å²) in [6, 6.07) is 6.98. The number of ether oxygens (including phenoxy) is 2. The van der Waals surface area contributed by atoms with Gasteiger partial charge in [0.05, 0.1) is 13.2 Å². The van der Waals surface area contributed by atoms with Gasteiger partial charge in [0, 0.05) is 6.42 Å². The molecule has 1 aliphatic heterocycles. The minimum atomic E-state index is -0.316. The largest absolute Gasteiger partial charge is 0.508 e. The van der Waals surface area contributed by atoms with Gasteiger partial charge < -0.3 is 19.7 Å². The third-order valence-electron chi connectivity index (χ3n) is 2.33.